The zero-order chi connectivity index (χ0) is 11.8. The number of hydrogen-bond donors (Lipinski definition) is 1. The topological polar surface area (TPSA) is 34.0 Å². The first-order chi connectivity index (χ1) is 7.68. The standard InChI is InChI=1S/C13H22N2O/c1-12(2)4-3-7-14-8-11-15-9-5-13(16)6-10-15/h5-6,9-10,12,14H,3-4,7-8,11H2,1-2H3. The second kappa shape index (κ2) is 7.23. The molecule has 0 amide bonds. The van der Waals surface area contributed by atoms with Gasteiger partial charge in [0, 0.05) is 37.6 Å². The van der Waals surface area contributed by atoms with Gasteiger partial charge in [-0.15, -0.1) is 0 Å². The van der Waals surface area contributed by atoms with E-state index in [1.165, 1.54) is 12.8 Å². The van der Waals surface area contributed by atoms with E-state index in [-0.39, 0.29) is 5.43 Å². The van der Waals surface area contributed by atoms with Crippen molar-refractivity contribution in [3.63, 3.8) is 0 Å². The SMILES string of the molecule is CC(C)CCCNCCn1ccc(=O)cc1. The van der Waals surface area contributed by atoms with E-state index >= 15 is 0 Å². The Morgan fingerprint density at radius 3 is 2.56 bits per heavy atom. The van der Waals surface area contributed by atoms with Crippen LogP contribution in [0.4, 0.5) is 0 Å². The number of nitrogens with one attached hydrogen (secondary N) is 1. The molecule has 3 heteroatoms. The molecule has 0 radical (unpaired) electrons. The summed E-state index contributed by atoms with van der Waals surface area (Å²) in [5.74, 6) is 0.792. The molecule has 16 heavy (non-hydrogen) atoms. The Morgan fingerprint density at radius 2 is 1.94 bits per heavy atom. The van der Waals surface area contributed by atoms with E-state index < -0.39 is 0 Å². The largest absolute Gasteiger partial charge is 0.353 e. The molecular weight excluding hydrogens is 200 g/mol. The molecule has 90 valence electrons. The van der Waals surface area contributed by atoms with Gasteiger partial charge >= 0.3 is 0 Å². The minimum atomic E-state index is 0.0705. The lowest BCUT2D eigenvalue weighted by molar-refractivity contribution is 0.515. The Morgan fingerprint density at radius 1 is 1.25 bits per heavy atom. The highest BCUT2D eigenvalue weighted by atomic mass is 16.1. The maximum atomic E-state index is 10.9. The van der Waals surface area contributed by atoms with Gasteiger partial charge in [0.25, 0.3) is 0 Å². The molecule has 0 spiro atoms. The Balaban J connectivity index is 2.07. The van der Waals surface area contributed by atoms with E-state index in [0.717, 1.165) is 25.6 Å². The van der Waals surface area contributed by atoms with Crippen molar-refractivity contribution in [2.24, 2.45) is 5.92 Å². The van der Waals surface area contributed by atoms with Crippen molar-refractivity contribution in [3.05, 3.63) is 34.7 Å². The van der Waals surface area contributed by atoms with Crippen LogP contribution in [0, 0.1) is 5.92 Å². The van der Waals surface area contributed by atoms with Crippen molar-refractivity contribution in [2.45, 2.75) is 33.2 Å². The van der Waals surface area contributed by atoms with Gasteiger partial charge in [-0.1, -0.05) is 13.8 Å². The Hall–Kier alpha value is -1.09. The van der Waals surface area contributed by atoms with Gasteiger partial charge < -0.3 is 9.88 Å². The lowest BCUT2D eigenvalue weighted by Gasteiger charge is -2.08. The molecule has 1 aromatic heterocycles. The summed E-state index contributed by atoms with van der Waals surface area (Å²) in [6, 6.07) is 3.19. The minimum Gasteiger partial charge on any atom is -0.353 e. The first-order valence-electron chi connectivity index (χ1n) is 6.05. The first kappa shape index (κ1) is 13.0. The molecule has 1 aromatic rings. The highest BCUT2D eigenvalue weighted by molar-refractivity contribution is 4.93. The summed E-state index contributed by atoms with van der Waals surface area (Å²) in [6.07, 6.45) is 6.18. The smallest absolute Gasteiger partial charge is 0.181 e. The summed E-state index contributed by atoms with van der Waals surface area (Å²) >= 11 is 0. The van der Waals surface area contributed by atoms with E-state index in [2.05, 4.69) is 19.2 Å². The second-order valence-corrected chi connectivity index (χ2v) is 4.56. The van der Waals surface area contributed by atoms with Gasteiger partial charge in [-0.2, -0.15) is 0 Å². The fourth-order valence-corrected chi connectivity index (χ4v) is 1.56. The van der Waals surface area contributed by atoms with Crippen LogP contribution in [0.1, 0.15) is 26.7 Å². The van der Waals surface area contributed by atoms with E-state index in [0.29, 0.717) is 0 Å². The summed E-state index contributed by atoms with van der Waals surface area (Å²) in [5, 5.41) is 3.40. The maximum Gasteiger partial charge on any atom is 0.181 e. The Kier molecular flexibility index (Phi) is 5.86. The molecule has 0 aliphatic carbocycles. The molecule has 0 atom stereocenters. The molecule has 1 N–H and O–H groups in total. The molecule has 0 unspecified atom stereocenters. The normalized spacial score (nSPS) is 10.9. The Bertz CT molecular complexity index is 324. The lowest BCUT2D eigenvalue weighted by atomic mass is 10.1. The van der Waals surface area contributed by atoms with Crippen LogP contribution in [-0.4, -0.2) is 17.7 Å². The van der Waals surface area contributed by atoms with E-state index in [4.69, 9.17) is 0 Å². The van der Waals surface area contributed by atoms with Gasteiger partial charge in [0.05, 0.1) is 0 Å². The first-order valence-corrected chi connectivity index (χ1v) is 6.05. The van der Waals surface area contributed by atoms with Crippen LogP contribution in [0.15, 0.2) is 29.3 Å². The fourth-order valence-electron chi connectivity index (χ4n) is 1.56. The van der Waals surface area contributed by atoms with Gasteiger partial charge in [-0.3, -0.25) is 4.79 Å². The Labute approximate surface area is 97.5 Å². The molecule has 0 aliphatic rings. The van der Waals surface area contributed by atoms with Gasteiger partial charge in [0.2, 0.25) is 0 Å². The van der Waals surface area contributed by atoms with Crippen LogP contribution in [0.25, 0.3) is 0 Å². The van der Waals surface area contributed by atoms with Crippen molar-refractivity contribution >= 4 is 0 Å². The maximum absolute atomic E-state index is 10.9. The van der Waals surface area contributed by atoms with Gasteiger partial charge in [-0.05, 0) is 25.3 Å². The van der Waals surface area contributed by atoms with Crippen molar-refractivity contribution in [1.29, 1.82) is 0 Å². The average Bonchev–Trinajstić information content (AvgIpc) is 2.25. The minimum absolute atomic E-state index is 0.0705. The number of rotatable bonds is 7. The fraction of sp³-hybridized carbons (Fsp3) is 0.615. The predicted octanol–water partition coefficient (Wildman–Crippen LogP) is 1.87. The molecular formula is C13H22N2O. The van der Waals surface area contributed by atoms with E-state index in [1.54, 1.807) is 12.1 Å². The summed E-state index contributed by atoms with van der Waals surface area (Å²) in [5.41, 5.74) is 0.0705. The number of aromatic nitrogens is 1. The zero-order valence-electron chi connectivity index (χ0n) is 10.3. The summed E-state index contributed by atoms with van der Waals surface area (Å²) in [4.78, 5) is 10.9. The quantitative estimate of drug-likeness (QED) is 0.715. The molecule has 0 saturated heterocycles. The highest BCUT2D eigenvalue weighted by Crippen LogP contribution is 2.01. The summed E-state index contributed by atoms with van der Waals surface area (Å²) in [6.45, 7) is 7.46. The zero-order valence-corrected chi connectivity index (χ0v) is 10.3. The third kappa shape index (κ3) is 5.71. The molecule has 0 aliphatic heterocycles. The van der Waals surface area contributed by atoms with Crippen molar-refractivity contribution in [2.75, 3.05) is 13.1 Å². The molecule has 1 heterocycles. The molecule has 0 saturated carbocycles. The molecule has 1 rings (SSSR count). The molecule has 0 fully saturated rings. The average molecular weight is 222 g/mol. The van der Waals surface area contributed by atoms with Gasteiger partial charge in [0.15, 0.2) is 5.43 Å². The van der Waals surface area contributed by atoms with Gasteiger partial charge in [0.1, 0.15) is 0 Å². The third-order valence-corrected chi connectivity index (χ3v) is 2.54. The number of nitrogens with zero attached hydrogens (tertiary/aromatic N) is 1. The van der Waals surface area contributed by atoms with Crippen molar-refractivity contribution in [3.8, 4) is 0 Å². The summed E-state index contributed by atoms with van der Waals surface area (Å²) < 4.78 is 2.02. The second-order valence-electron chi connectivity index (χ2n) is 4.56. The van der Waals surface area contributed by atoms with Crippen LogP contribution in [-0.2, 0) is 6.54 Å². The third-order valence-electron chi connectivity index (χ3n) is 2.54. The highest BCUT2D eigenvalue weighted by Gasteiger charge is 1.93. The lowest BCUT2D eigenvalue weighted by Crippen LogP contribution is -2.21. The number of hydrogen-bond acceptors (Lipinski definition) is 2. The molecule has 0 bridgehead atoms. The van der Waals surface area contributed by atoms with E-state index in [1.807, 2.05) is 17.0 Å². The van der Waals surface area contributed by atoms with Crippen LogP contribution in [0.5, 0.6) is 0 Å². The van der Waals surface area contributed by atoms with Crippen LogP contribution < -0.4 is 10.7 Å². The van der Waals surface area contributed by atoms with Crippen molar-refractivity contribution in [1.82, 2.24) is 9.88 Å². The predicted molar refractivity (Wildman–Crippen MR) is 67.6 cm³/mol. The van der Waals surface area contributed by atoms with Crippen LogP contribution >= 0.6 is 0 Å². The summed E-state index contributed by atoms with van der Waals surface area (Å²) in [7, 11) is 0. The van der Waals surface area contributed by atoms with E-state index in [9.17, 15) is 4.79 Å². The van der Waals surface area contributed by atoms with Crippen molar-refractivity contribution < 1.29 is 0 Å². The van der Waals surface area contributed by atoms with Crippen LogP contribution in [0.2, 0.25) is 0 Å². The molecule has 3 nitrogen and oxygen atoms in total. The molecule has 0 aromatic carbocycles. The van der Waals surface area contributed by atoms with Gasteiger partial charge in [-0.25, -0.2) is 0 Å². The number of pyridine rings is 1. The van der Waals surface area contributed by atoms with Crippen LogP contribution in [0.3, 0.4) is 0 Å². The monoisotopic (exact) mass is 222 g/mol.